The van der Waals surface area contributed by atoms with E-state index in [0.717, 1.165) is 13.1 Å². The molecule has 0 atom stereocenters. The normalized spacial score (nSPS) is 17.3. The van der Waals surface area contributed by atoms with E-state index in [1.54, 1.807) is 0 Å². The Balaban J connectivity index is 2.39. The van der Waals surface area contributed by atoms with Crippen molar-refractivity contribution in [3.05, 3.63) is 23.5 Å². The lowest BCUT2D eigenvalue weighted by Gasteiger charge is -2.11. The lowest BCUT2D eigenvalue weighted by Crippen LogP contribution is -2.22. The molecule has 0 fully saturated rings. The third kappa shape index (κ3) is 0.754. The summed E-state index contributed by atoms with van der Waals surface area (Å²) in [6.07, 6.45) is 3.19. The predicted octanol–water partition coefficient (Wildman–Crippen LogP) is 0.660. The molecule has 0 spiro atoms. The van der Waals surface area contributed by atoms with Crippen molar-refractivity contribution in [1.29, 1.82) is 0 Å². The second-order valence-electron chi connectivity index (χ2n) is 2.41. The third-order valence-corrected chi connectivity index (χ3v) is 1.80. The largest absolute Gasteiger partial charge is 0.364 e. The van der Waals surface area contributed by atoms with Gasteiger partial charge in [-0.15, -0.1) is 0 Å². The Morgan fingerprint density at radius 1 is 1.44 bits per heavy atom. The number of nitrogens with one attached hydrogen (secondary N) is 2. The molecule has 2 heteroatoms. The molecule has 2 N–H and O–H groups in total. The highest BCUT2D eigenvalue weighted by atomic mass is 14.9. The fourth-order valence-corrected chi connectivity index (χ4v) is 1.27. The first kappa shape index (κ1) is 5.06. The van der Waals surface area contributed by atoms with Crippen molar-refractivity contribution in [3.63, 3.8) is 0 Å². The molecule has 0 saturated carbocycles. The van der Waals surface area contributed by atoms with Crippen molar-refractivity contribution in [2.45, 2.75) is 13.0 Å². The number of hydrogen-bond donors (Lipinski definition) is 2. The number of hydrogen-bond acceptors (Lipinski definition) is 1. The summed E-state index contributed by atoms with van der Waals surface area (Å²) in [4.78, 5) is 3.20. The monoisotopic (exact) mass is 122 g/mol. The van der Waals surface area contributed by atoms with Crippen LogP contribution in [-0.4, -0.2) is 11.5 Å². The number of H-pyrrole nitrogens is 1. The second kappa shape index (κ2) is 1.88. The average Bonchev–Trinajstić information content (AvgIpc) is 2.33. The van der Waals surface area contributed by atoms with E-state index in [9.17, 15) is 0 Å². The van der Waals surface area contributed by atoms with Gasteiger partial charge in [0.05, 0.1) is 0 Å². The molecule has 1 aliphatic heterocycles. The van der Waals surface area contributed by atoms with Crippen LogP contribution in [-0.2, 0) is 13.0 Å². The molecule has 0 aromatic carbocycles. The third-order valence-electron chi connectivity index (χ3n) is 1.80. The van der Waals surface area contributed by atoms with Crippen LogP contribution in [0.15, 0.2) is 12.3 Å². The van der Waals surface area contributed by atoms with Crippen LogP contribution in [0.4, 0.5) is 0 Å². The summed E-state index contributed by atoms with van der Waals surface area (Å²) in [5.41, 5.74) is 2.84. The van der Waals surface area contributed by atoms with Crippen LogP contribution in [0.2, 0.25) is 0 Å². The molecule has 0 unspecified atom stereocenters. The van der Waals surface area contributed by atoms with Crippen molar-refractivity contribution in [1.82, 2.24) is 10.3 Å². The second-order valence-corrected chi connectivity index (χ2v) is 2.41. The molecule has 0 amide bonds. The minimum atomic E-state index is 1.02. The van der Waals surface area contributed by atoms with Gasteiger partial charge < -0.3 is 10.3 Å². The Morgan fingerprint density at radius 3 is 3.33 bits per heavy atom. The number of aromatic nitrogens is 1. The molecule has 0 radical (unpaired) electrons. The van der Waals surface area contributed by atoms with Crippen molar-refractivity contribution < 1.29 is 0 Å². The van der Waals surface area contributed by atoms with Gasteiger partial charge in [-0.05, 0) is 24.6 Å². The maximum absolute atomic E-state index is 3.30. The standard InChI is InChI=1S/C7H10N2/c1-3-8-5-7-6(1)2-4-9-7/h2,4,8-9H,1,3,5H2. The lowest BCUT2D eigenvalue weighted by atomic mass is 10.1. The summed E-state index contributed by atoms with van der Waals surface area (Å²) in [5, 5.41) is 3.30. The van der Waals surface area contributed by atoms with E-state index in [0.29, 0.717) is 0 Å². The summed E-state index contributed by atoms with van der Waals surface area (Å²) in [7, 11) is 0. The zero-order valence-electron chi connectivity index (χ0n) is 5.28. The van der Waals surface area contributed by atoms with Crippen LogP contribution < -0.4 is 5.32 Å². The molecule has 1 aromatic heterocycles. The van der Waals surface area contributed by atoms with Gasteiger partial charge in [0, 0.05) is 18.4 Å². The van der Waals surface area contributed by atoms with E-state index in [1.807, 2.05) is 6.20 Å². The lowest BCUT2D eigenvalue weighted by molar-refractivity contribution is 0.635. The molecule has 0 saturated heterocycles. The maximum atomic E-state index is 3.30. The summed E-state index contributed by atoms with van der Waals surface area (Å²) in [6, 6.07) is 2.16. The van der Waals surface area contributed by atoms with E-state index in [1.165, 1.54) is 17.7 Å². The van der Waals surface area contributed by atoms with E-state index < -0.39 is 0 Å². The van der Waals surface area contributed by atoms with Gasteiger partial charge in [-0.2, -0.15) is 0 Å². The van der Waals surface area contributed by atoms with Gasteiger partial charge in [0.1, 0.15) is 0 Å². The topological polar surface area (TPSA) is 27.8 Å². The zero-order chi connectivity index (χ0) is 6.10. The van der Waals surface area contributed by atoms with Crippen LogP contribution in [0.3, 0.4) is 0 Å². The van der Waals surface area contributed by atoms with Gasteiger partial charge in [-0.3, -0.25) is 0 Å². The predicted molar refractivity (Wildman–Crippen MR) is 36.2 cm³/mol. The Morgan fingerprint density at radius 2 is 2.44 bits per heavy atom. The first-order valence-corrected chi connectivity index (χ1v) is 3.32. The Labute approximate surface area is 54.3 Å². The molecule has 0 aliphatic carbocycles. The van der Waals surface area contributed by atoms with Crippen molar-refractivity contribution in [2.75, 3.05) is 6.54 Å². The summed E-state index contributed by atoms with van der Waals surface area (Å²) in [6.45, 7) is 2.15. The summed E-state index contributed by atoms with van der Waals surface area (Å²) >= 11 is 0. The van der Waals surface area contributed by atoms with E-state index in [-0.39, 0.29) is 0 Å². The highest BCUT2D eigenvalue weighted by Crippen LogP contribution is 2.09. The van der Waals surface area contributed by atoms with Gasteiger partial charge in [0.15, 0.2) is 0 Å². The molecule has 2 nitrogen and oxygen atoms in total. The highest BCUT2D eigenvalue weighted by Gasteiger charge is 2.06. The van der Waals surface area contributed by atoms with Gasteiger partial charge in [-0.1, -0.05) is 0 Å². The molecule has 2 rings (SSSR count). The number of rotatable bonds is 0. The van der Waals surface area contributed by atoms with Crippen molar-refractivity contribution in [2.24, 2.45) is 0 Å². The van der Waals surface area contributed by atoms with Crippen molar-refractivity contribution in [3.8, 4) is 0 Å². The Kier molecular flexibility index (Phi) is 1.06. The van der Waals surface area contributed by atoms with Gasteiger partial charge in [-0.25, -0.2) is 0 Å². The van der Waals surface area contributed by atoms with Gasteiger partial charge >= 0.3 is 0 Å². The van der Waals surface area contributed by atoms with Gasteiger partial charge in [0.2, 0.25) is 0 Å². The maximum Gasteiger partial charge on any atom is 0.0360 e. The van der Waals surface area contributed by atoms with E-state index >= 15 is 0 Å². The minimum absolute atomic E-state index is 1.02. The summed E-state index contributed by atoms with van der Waals surface area (Å²) < 4.78 is 0. The average molecular weight is 122 g/mol. The van der Waals surface area contributed by atoms with E-state index in [4.69, 9.17) is 0 Å². The van der Waals surface area contributed by atoms with Gasteiger partial charge in [0.25, 0.3) is 0 Å². The van der Waals surface area contributed by atoms with Crippen LogP contribution in [0.1, 0.15) is 11.3 Å². The first-order valence-electron chi connectivity index (χ1n) is 3.32. The fourth-order valence-electron chi connectivity index (χ4n) is 1.27. The van der Waals surface area contributed by atoms with Crippen LogP contribution in [0, 0.1) is 0 Å². The van der Waals surface area contributed by atoms with Crippen molar-refractivity contribution >= 4 is 0 Å². The zero-order valence-corrected chi connectivity index (χ0v) is 5.28. The Bertz CT molecular complexity index is 182. The molecule has 1 aliphatic rings. The molecule has 1 aromatic rings. The molecule has 2 heterocycles. The molecule has 0 bridgehead atoms. The fraction of sp³-hybridized carbons (Fsp3) is 0.429. The van der Waals surface area contributed by atoms with Crippen LogP contribution >= 0.6 is 0 Å². The smallest absolute Gasteiger partial charge is 0.0360 e. The molecule has 48 valence electrons. The van der Waals surface area contributed by atoms with Crippen LogP contribution in [0.5, 0.6) is 0 Å². The van der Waals surface area contributed by atoms with E-state index in [2.05, 4.69) is 16.4 Å². The Hall–Kier alpha value is -0.760. The first-order chi connectivity index (χ1) is 4.47. The highest BCUT2D eigenvalue weighted by molar-refractivity contribution is 5.22. The molecule has 9 heavy (non-hydrogen) atoms. The number of aromatic amines is 1. The molecular weight excluding hydrogens is 112 g/mol. The summed E-state index contributed by atoms with van der Waals surface area (Å²) in [5.74, 6) is 0. The minimum Gasteiger partial charge on any atom is -0.364 e. The quantitative estimate of drug-likeness (QED) is 0.520. The van der Waals surface area contributed by atoms with Crippen LogP contribution in [0.25, 0.3) is 0 Å². The molecular formula is C7H10N2. The SMILES string of the molecule is c1cc2c([nH]1)CNCC2. The number of fused-ring (bicyclic) bond motifs is 1.